The quantitative estimate of drug-likeness (QED) is 0.383. The Morgan fingerprint density at radius 1 is 0.947 bits per heavy atom. The molecule has 1 saturated carbocycles. The Balaban J connectivity index is 1.30. The molecule has 38 heavy (non-hydrogen) atoms. The normalized spacial score (nSPS) is 18.5. The molecule has 3 aromatic rings. The summed E-state index contributed by atoms with van der Waals surface area (Å²) in [6.07, 6.45) is 5.78. The van der Waals surface area contributed by atoms with E-state index in [0.717, 1.165) is 79.0 Å². The van der Waals surface area contributed by atoms with Crippen LogP contribution in [0.2, 0.25) is 0 Å². The van der Waals surface area contributed by atoms with Crippen molar-refractivity contribution in [1.82, 2.24) is 14.9 Å². The maximum atomic E-state index is 15.1. The molecule has 0 atom stereocenters. The summed E-state index contributed by atoms with van der Waals surface area (Å²) in [5.74, 6) is 1.50. The average molecular weight is 519 g/mol. The molecule has 0 unspecified atom stereocenters. The number of anilines is 1. The van der Waals surface area contributed by atoms with Crippen LogP contribution in [0, 0.1) is 11.6 Å². The van der Waals surface area contributed by atoms with E-state index >= 15 is 8.78 Å². The van der Waals surface area contributed by atoms with Crippen molar-refractivity contribution in [2.24, 2.45) is 0 Å². The van der Waals surface area contributed by atoms with E-state index in [1.165, 1.54) is 6.20 Å². The van der Waals surface area contributed by atoms with Gasteiger partial charge in [-0.15, -0.1) is 0 Å². The molecule has 3 heterocycles. The number of fused-ring (bicyclic) bond motifs is 1. The van der Waals surface area contributed by atoms with E-state index in [4.69, 9.17) is 4.74 Å². The molecule has 2 fully saturated rings. The molecule has 0 amide bonds. The topological polar surface area (TPSA) is 41.5 Å². The molecule has 2 aromatic carbocycles. The first-order valence-electron chi connectivity index (χ1n) is 13.9. The van der Waals surface area contributed by atoms with Crippen LogP contribution in [-0.4, -0.2) is 54.2 Å². The number of ether oxygens (including phenoxy) is 1. The highest BCUT2D eigenvalue weighted by Crippen LogP contribution is 2.50. The molecule has 5 nitrogen and oxygen atoms in total. The molecule has 1 saturated heterocycles. The highest BCUT2D eigenvalue weighted by atomic mass is 19.1. The van der Waals surface area contributed by atoms with Crippen molar-refractivity contribution in [2.45, 2.75) is 63.8 Å². The Labute approximate surface area is 223 Å². The highest BCUT2D eigenvalue weighted by molar-refractivity contribution is 5.75. The van der Waals surface area contributed by atoms with Crippen LogP contribution in [0.15, 0.2) is 36.5 Å². The molecule has 1 aliphatic carbocycles. The summed E-state index contributed by atoms with van der Waals surface area (Å²) < 4.78 is 36.4. The number of nitrogens with zero attached hydrogens (tertiary/aromatic N) is 4. The molecule has 0 N–H and O–H groups in total. The van der Waals surface area contributed by atoms with Gasteiger partial charge in [0.2, 0.25) is 0 Å². The number of rotatable bonds is 6. The van der Waals surface area contributed by atoms with Gasteiger partial charge < -0.3 is 14.5 Å². The minimum atomic E-state index is -0.452. The molecule has 1 aromatic heterocycles. The smallest absolute Gasteiger partial charge is 0.167 e. The van der Waals surface area contributed by atoms with Crippen molar-refractivity contribution in [2.75, 3.05) is 38.2 Å². The van der Waals surface area contributed by atoms with Gasteiger partial charge in [-0.1, -0.05) is 12.1 Å². The zero-order valence-corrected chi connectivity index (χ0v) is 22.5. The summed E-state index contributed by atoms with van der Waals surface area (Å²) in [5.41, 5.74) is 4.77. The van der Waals surface area contributed by atoms with Crippen molar-refractivity contribution in [3.63, 3.8) is 0 Å². The first-order chi connectivity index (χ1) is 18.4. The largest absolute Gasteiger partial charge is 0.489 e. The van der Waals surface area contributed by atoms with Crippen molar-refractivity contribution in [3.05, 3.63) is 70.7 Å². The third kappa shape index (κ3) is 5.00. The summed E-state index contributed by atoms with van der Waals surface area (Å²) in [6.45, 7) is 7.77. The number of halogens is 2. The zero-order chi connectivity index (χ0) is 26.4. The zero-order valence-electron chi connectivity index (χ0n) is 22.5. The lowest BCUT2D eigenvalue weighted by Crippen LogP contribution is -2.38. The van der Waals surface area contributed by atoms with E-state index in [1.54, 1.807) is 6.07 Å². The molecule has 0 bridgehead atoms. The van der Waals surface area contributed by atoms with Gasteiger partial charge in [0.15, 0.2) is 5.82 Å². The second kappa shape index (κ2) is 10.3. The summed E-state index contributed by atoms with van der Waals surface area (Å²) >= 11 is 0. The number of likely N-dealkylation sites (tertiary alicyclic amines) is 1. The predicted octanol–water partition coefficient (Wildman–Crippen LogP) is 6.31. The lowest BCUT2D eigenvalue weighted by Gasteiger charge is -2.36. The molecule has 0 radical (unpaired) electrons. The molecule has 0 spiro atoms. The Hall–Kier alpha value is -3.06. The third-order valence-electron chi connectivity index (χ3n) is 8.28. The Bertz CT molecular complexity index is 1330. The minimum Gasteiger partial charge on any atom is -0.489 e. The van der Waals surface area contributed by atoms with Crippen LogP contribution < -0.4 is 9.64 Å². The average Bonchev–Trinajstić information content (AvgIpc) is 3.75. The summed E-state index contributed by atoms with van der Waals surface area (Å²) in [7, 11) is 2.11. The van der Waals surface area contributed by atoms with Crippen LogP contribution >= 0.6 is 0 Å². The SMILES string of the molecule is CC(C)N1CCOc2c(C3CC3)cc(-c3nc(Cc4ccc(C5CCN(C)CC5)c(F)c4)ncc3F)cc21. The second-order valence-corrected chi connectivity index (χ2v) is 11.4. The van der Waals surface area contributed by atoms with Crippen LogP contribution in [0.4, 0.5) is 14.5 Å². The third-order valence-corrected chi connectivity index (χ3v) is 8.28. The Morgan fingerprint density at radius 3 is 2.42 bits per heavy atom. The van der Waals surface area contributed by atoms with E-state index in [1.807, 2.05) is 24.3 Å². The van der Waals surface area contributed by atoms with Gasteiger partial charge in [0.25, 0.3) is 0 Å². The molecule has 2 aliphatic heterocycles. The number of benzene rings is 2. The van der Waals surface area contributed by atoms with Gasteiger partial charge in [-0.2, -0.15) is 0 Å². The molecule has 7 heteroatoms. The maximum Gasteiger partial charge on any atom is 0.167 e. The van der Waals surface area contributed by atoms with E-state index < -0.39 is 5.82 Å². The molecule has 3 aliphatic rings. The van der Waals surface area contributed by atoms with Crippen molar-refractivity contribution >= 4 is 5.69 Å². The lowest BCUT2D eigenvalue weighted by atomic mass is 9.88. The van der Waals surface area contributed by atoms with Crippen LogP contribution in [0.5, 0.6) is 5.75 Å². The number of piperidine rings is 1. The molecular weight excluding hydrogens is 482 g/mol. The van der Waals surface area contributed by atoms with Crippen LogP contribution in [0.1, 0.15) is 73.9 Å². The van der Waals surface area contributed by atoms with E-state index in [2.05, 4.69) is 40.7 Å². The van der Waals surface area contributed by atoms with Crippen molar-refractivity contribution in [1.29, 1.82) is 0 Å². The van der Waals surface area contributed by atoms with Gasteiger partial charge in [-0.3, -0.25) is 0 Å². The van der Waals surface area contributed by atoms with Crippen molar-refractivity contribution < 1.29 is 13.5 Å². The fourth-order valence-electron chi connectivity index (χ4n) is 5.95. The molecule has 200 valence electrons. The van der Waals surface area contributed by atoms with Gasteiger partial charge in [-0.05, 0) is 101 Å². The van der Waals surface area contributed by atoms with Crippen LogP contribution in [0.3, 0.4) is 0 Å². The number of hydrogen-bond acceptors (Lipinski definition) is 5. The first kappa shape index (κ1) is 25.2. The van der Waals surface area contributed by atoms with Gasteiger partial charge in [-0.25, -0.2) is 18.7 Å². The van der Waals surface area contributed by atoms with Gasteiger partial charge in [0, 0.05) is 23.6 Å². The predicted molar refractivity (Wildman–Crippen MR) is 146 cm³/mol. The molecule has 6 rings (SSSR count). The van der Waals surface area contributed by atoms with Gasteiger partial charge >= 0.3 is 0 Å². The van der Waals surface area contributed by atoms with E-state index in [9.17, 15) is 0 Å². The maximum absolute atomic E-state index is 15.1. The fraction of sp³-hybridized carbons (Fsp3) is 0.484. The van der Waals surface area contributed by atoms with Gasteiger partial charge in [0.05, 0.1) is 18.4 Å². The second-order valence-electron chi connectivity index (χ2n) is 11.4. The number of hydrogen-bond donors (Lipinski definition) is 0. The van der Waals surface area contributed by atoms with Crippen molar-refractivity contribution in [3.8, 4) is 17.0 Å². The summed E-state index contributed by atoms with van der Waals surface area (Å²) in [6, 6.07) is 9.83. The van der Waals surface area contributed by atoms with Crippen LogP contribution in [-0.2, 0) is 6.42 Å². The van der Waals surface area contributed by atoms with Crippen LogP contribution in [0.25, 0.3) is 11.3 Å². The van der Waals surface area contributed by atoms with Gasteiger partial charge in [0.1, 0.15) is 29.7 Å². The first-order valence-corrected chi connectivity index (χ1v) is 13.9. The standard InChI is InChI=1S/C31H36F2N4O/c1-19(2)37-12-13-38-31-25(21-5-6-21)16-23(17-28(31)37)30-27(33)18-34-29(35-30)15-20-4-7-24(26(32)14-20)22-8-10-36(3)11-9-22/h4,7,14,16-19,21-22H,5-6,8-13,15H2,1-3H3. The minimum absolute atomic E-state index is 0.170. The van der Waals surface area contributed by atoms with E-state index in [-0.39, 0.29) is 17.4 Å². The fourth-order valence-corrected chi connectivity index (χ4v) is 5.95. The summed E-state index contributed by atoms with van der Waals surface area (Å²) in [4.78, 5) is 13.5. The number of aromatic nitrogens is 2. The monoisotopic (exact) mass is 518 g/mol. The molecular formula is C31H36F2N4O. The Kier molecular flexibility index (Phi) is 6.81. The highest BCUT2D eigenvalue weighted by Gasteiger charge is 2.33. The lowest BCUT2D eigenvalue weighted by molar-refractivity contribution is 0.253. The summed E-state index contributed by atoms with van der Waals surface area (Å²) in [5, 5.41) is 0. The Morgan fingerprint density at radius 2 is 1.71 bits per heavy atom. The van der Waals surface area contributed by atoms with E-state index in [0.29, 0.717) is 30.8 Å².